The molecule has 1 aliphatic rings. The van der Waals surface area contributed by atoms with Gasteiger partial charge in [-0.1, -0.05) is 158 Å². The van der Waals surface area contributed by atoms with Crippen LogP contribution in [0.4, 0.5) is 0 Å². The van der Waals surface area contributed by atoms with Crippen LogP contribution in [-0.4, -0.2) is 4.57 Å². The molecule has 1 heterocycles. The van der Waals surface area contributed by atoms with Crippen LogP contribution in [0.15, 0.2) is 176 Å². The van der Waals surface area contributed by atoms with Crippen LogP contribution in [0.1, 0.15) is 0 Å². The first-order chi connectivity index (χ1) is 25.3. The Labute approximate surface area is 294 Å². The molecule has 0 radical (unpaired) electrons. The molecule has 0 N–H and O–H groups in total. The fourth-order valence-electron chi connectivity index (χ4n) is 9.45. The van der Waals surface area contributed by atoms with Gasteiger partial charge in [-0.15, -0.1) is 0 Å². The van der Waals surface area contributed by atoms with E-state index < -0.39 is 0 Å². The first-order valence-corrected chi connectivity index (χ1v) is 17.8. The van der Waals surface area contributed by atoms with Crippen LogP contribution in [0, 0.1) is 0 Å². The monoisotopic (exact) mass is 643 g/mol. The minimum Gasteiger partial charge on any atom is -0.309 e. The van der Waals surface area contributed by atoms with Crippen molar-refractivity contribution in [2.75, 3.05) is 0 Å². The largest absolute Gasteiger partial charge is 0.309 e. The van der Waals surface area contributed by atoms with Gasteiger partial charge < -0.3 is 4.57 Å². The summed E-state index contributed by atoms with van der Waals surface area (Å²) < 4.78 is 2.50. The summed E-state index contributed by atoms with van der Waals surface area (Å²) in [5, 5.41) is 15.7. The van der Waals surface area contributed by atoms with Crippen molar-refractivity contribution >= 4 is 75.7 Å². The molecule has 1 aliphatic carbocycles. The molecule has 0 amide bonds. The normalized spacial score (nSPS) is 12.3. The lowest BCUT2D eigenvalue weighted by molar-refractivity contribution is 1.19. The summed E-state index contributed by atoms with van der Waals surface area (Å²) in [5.41, 5.74) is 11.5. The van der Waals surface area contributed by atoms with E-state index in [1.54, 1.807) is 0 Å². The average molecular weight is 644 g/mol. The van der Waals surface area contributed by atoms with Crippen LogP contribution in [0.5, 0.6) is 0 Å². The zero-order valence-electron chi connectivity index (χ0n) is 27.7. The molecule has 0 unspecified atom stereocenters. The van der Waals surface area contributed by atoms with Crippen LogP contribution < -0.4 is 0 Å². The molecule has 51 heavy (non-hydrogen) atoms. The van der Waals surface area contributed by atoms with Gasteiger partial charge in [-0.25, -0.2) is 0 Å². The number of aromatic nitrogens is 1. The molecule has 234 valence electrons. The van der Waals surface area contributed by atoms with Gasteiger partial charge in [0.05, 0.1) is 11.0 Å². The van der Waals surface area contributed by atoms with E-state index in [-0.39, 0.29) is 0 Å². The highest BCUT2D eigenvalue weighted by atomic mass is 15.0. The van der Waals surface area contributed by atoms with Crippen LogP contribution in [-0.2, 0) is 0 Å². The van der Waals surface area contributed by atoms with E-state index in [1.807, 2.05) is 0 Å². The molecule has 0 bridgehead atoms. The van der Waals surface area contributed by atoms with Crippen molar-refractivity contribution < 1.29 is 0 Å². The molecule has 12 rings (SSSR count). The molecule has 0 saturated carbocycles. The van der Waals surface area contributed by atoms with Crippen LogP contribution in [0.25, 0.3) is 115 Å². The van der Waals surface area contributed by atoms with Gasteiger partial charge in [0.2, 0.25) is 0 Å². The fourth-order valence-corrected chi connectivity index (χ4v) is 9.45. The maximum absolute atomic E-state index is 2.50. The maximum Gasteiger partial charge on any atom is 0.0626 e. The standard InChI is InChI=1S/C50H29N/c1-2-15-36-33(12-1)38-22-11-21-37-32(28-29-42(36)46(37)38)30-24-26-31(27-25-30)51-45-23-10-9-20-44(45)49-48-40-17-6-4-14-35(40)34-13-3-5-16-39(34)47(48)41-18-7-8-19-43(41)50(49)51/h1-29H. The van der Waals surface area contributed by atoms with E-state index in [9.17, 15) is 0 Å². The van der Waals surface area contributed by atoms with Gasteiger partial charge in [-0.05, 0) is 94.7 Å². The highest BCUT2D eigenvalue weighted by Crippen LogP contribution is 2.50. The first kappa shape index (κ1) is 27.2. The highest BCUT2D eigenvalue weighted by molar-refractivity contribution is 6.42. The van der Waals surface area contributed by atoms with E-state index in [4.69, 9.17) is 0 Å². The first-order valence-electron chi connectivity index (χ1n) is 17.8. The van der Waals surface area contributed by atoms with Gasteiger partial charge in [-0.3, -0.25) is 0 Å². The van der Waals surface area contributed by atoms with Crippen LogP contribution >= 0.6 is 0 Å². The molecule has 0 atom stereocenters. The molecular formula is C50H29N. The molecule has 1 aromatic heterocycles. The van der Waals surface area contributed by atoms with E-state index in [2.05, 4.69) is 180 Å². The number of rotatable bonds is 2. The molecule has 0 spiro atoms. The summed E-state index contributed by atoms with van der Waals surface area (Å²) >= 11 is 0. The SMILES string of the molecule is c1ccc2c(c1)-c1cccc3c(-c4ccc(-n5c6ccccc6c6c7c8ccccc8c8ccccc8c7c7ccccc7c65)cc4)ccc-2c13. The second kappa shape index (κ2) is 9.94. The Hall–Kier alpha value is -6.70. The Bertz CT molecular complexity index is 3260. The van der Waals surface area contributed by atoms with Gasteiger partial charge in [0.15, 0.2) is 0 Å². The van der Waals surface area contributed by atoms with Crippen molar-refractivity contribution in [3.05, 3.63) is 176 Å². The molecule has 0 fully saturated rings. The predicted molar refractivity (Wildman–Crippen MR) is 218 cm³/mol. The van der Waals surface area contributed by atoms with Crippen molar-refractivity contribution in [3.8, 4) is 39.1 Å². The molecule has 0 saturated heterocycles. The van der Waals surface area contributed by atoms with E-state index in [0.29, 0.717) is 0 Å². The number of hydrogen-bond acceptors (Lipinski definition) is 0. The van der Waals surface area contributed by atoms with Crippen molar-refractivity contribution in [3.63, 3.8) is 0 Å². The Morgan fingerprint density at radius 3 is 1.45 bits per heavy atom. The van der Waals surface area contributed by atoms with Crippen molar-refractivity contribution in [1.29, 1.82) is 0 Å². The van der Waals surface area contributed by atoms with Gasteiger partial charge >= 0.3 is 0 Å². The summed E-state index contributed by atoms with van der Waals surface area (Å²) in [5.74, 6) is 0. The molecular weight excluding hydrogens is 615 g/mol. The van der Waals surface area contributed by atoms with Crippen molar-refractivity contribution in [2.24, 2.45) is 0 Å². The summed E-state index contributed by atoms with van der Waals surface area (Å²) in [7, 11) is 0. The van der Waals surface area contributed by atoms with Gasteiger partial charge in [0, 0.05) is 27.2 Å². The number of hydrogen-bond donors (Lipinski definition) is 0. The second-order valence-corrected chi connectivity index (χ2v) is 13.9. The molecule has 1 nitrogen and oxygen atoms in total. The lowest BCUT2D eigenvalue weighted by atomic mass is 9.88. The number of benzene rings is 10. The van der Waals surface area contributed by atoms with E-state index in [0.717, 1.165) is 5.69 Å². The lowest BCUT2D eigenvalue weighted by Crippen LogP contribution is -1.95. The number of nitrogens with zero attached hydrogens (tertiary/aromatic N) is 1. The van der Waals surface area contributed by atoms with Gasteiger partial charge in [0.25, 0.3) is 0 Å². The maximum atomic E-state index is 2.50. The van der Waals surface area contributed by atoms with E-state index >= 15 is 0 Å². The smallest absolute Gasteiger partial charge is 0.0626 e. The third-order valence-electron chi connectivity index (χ3n) is 11.5. The topological polar surface area (TPSA) is 4.93 Å². The second-order valence-electron chi connectivity index (χ2n) is 13.9. The zero-order valence-corrected chi connectivity index (χ0v) is 27.7. The molecule has 0 aliphatic heterocycles. The summed E-state index contributed by atoms with van der Waals surface area (Å²) in [6, 6.07) is 65.3. The highest BCUT2D eigenvalue weighted by Gasteiger charge is 2.24. The Morgan fingerprint density at radius 1 is 0.255 bits per heavy atom. The van der Waals surface area contributed by atoms with Gasteiger partial charge in [0.1, 0.15) is 0 Å². The zero-order chi connectivity index (χ0) is 33.2. The molecule has 10 aromatic carbocycles. The summed E-state index contributed by atoms with van der Waals surface area (Å²) in [4.78, 5) is 0. The minimum atomic E-state index is 1.16. The van der Waals surface area contributed by atoms with E-state index in [1.165, 1.54) is 109 Å². The predicted octanol–water partition coefficient (Wildman–Crippen LogP) is 13.9. The molecule has 11 aromatic rings. The molecule has 1 heteroatoms. The Balaban J connectivity index is 1.16. The third kappa shape index (κ3) is 3.50. The van der Waals surface area contributed by atoms with Crippen molar-refractivity contribution in [2.45, 2.75) is 0 Å². The number of para-hydroxylation sites is 1. The quantitative estimate of drug-likeness (QED) is 0.165. The average Bonchev–Trinajstić information content (AvgIpc) is 3.72. The van der Waals surface area contributed by atoms with Crippen molar-refractivity contribution in [1.82, 2.24) is 4.57 Å². The van der Waals surface area contributed by atoms with Crippen LogP contribution in [0.2, 0.25) is 0 Å². The Morgan fingerprint density at radius 2 is 0.745 bits per heavy atom. The number of fused-ring (bicyclic) bond motifs is 16. The van der Waals surface area contributed by atoms with Gasteiger partial charge in [-0.2, -0.15) is 0 Å². The minimum absolute atomic E-state index is 1.16. The lowest BCUT2D eigenvalue weighted by Gasteiger charge is -2.16. The summed E-state index contributed by atoms with van der Waals surface area (Å²) in [6.07, 6.45) is 0. The summed E-state index contributed by atoms with van der Waals surface area (Å²) in [6.45, 7) is 0. The fraction of sp³-hybridized carbons (Fsp3) is 0. The van der Waals surface area contributed by atoms with Crippen LogP contribution in [0.3, 0.4) is 0 Å². The third-order valence-corrected chi connectivity index (χ3v) is 11.5. The Kier molecular flexibility index (Phi) is 5.29.